The summed E-state index contributed by atoms with van der Waals surface area (Å²) in [6.45, 7) is 11.7. The highest BCUT2D eigenvalue weighted by Crippen LogP contribution is 2.56. The van der Waals surface area contributed by atoms with Gasteiger partial charge in [0.1, 0.15) is 17.3 Å². The van der Waals surface area contributed by atoms with E-state index in [1.54, 1.807) is 0 Å². The van der Waals surface area contributed by atoms with Gasteiger partial charge >= 0.3 is 0 Å². The first-order chi connectivity index (χ1) is 15.4. The van der Waals surface area contributed by atoms with E-state index in [0.717, 1.165) is 17.6 Å². The van der Waals surface area contributed by atoms with Gasteiger partial charge in [-0.25, -0.2) is 0 Å². The molecule has 6 nitrogen and oxygen atoms in total. The van der Waals surface area contributed by atoms with E-state index in [2.05, 4.69) is 33.0 Å². The Bertz CT molecular complexity index is 900. The van der Waals surface area contributed by atoms with Crippen molar-refractivity contribution in [2.24, 2.45) is 35.0 Å². The maximum Gasteiger partial charge on any atom is 0.235 e. The first-order valence-electron chi connectivity index (χ1n) is 12.3. The maximum absolute atomic E-state index is 14.4. The Kier molecular flexibility index (Phi) is 7.47. The van der Waals surface area contributed by atoms with Crippen LogP contribution < -0.4 is 5.32 Å². The van der Waals surface area contributed by atoms with Gasteiger partial charge in [-0.05, 0) is 51.9 Å². The number of carbonyl (C=O) groups is 4. The number of rotatable bonds is 4. The minimum absolute atomic E-state index is 0.00556. The molecular formula is C27H39NO5. The Morgan fingerprint density at radius 1 is 1.21 bits per heavy atom. The van der Waals surface area contributed by atoms with E-state index in [-0.39, 0.29) is 54.6 Å². The molecule has 3 rings (SSSR count). The molecule has 6 heteroatoms. The van der Waals surface area contributed by atoms with Gasteiger partial charge < -0.3 is 15.2 Å². The lowest BCUT2D eigenvalue weighted by Gasteiger charge is -2.46. The van der Waals surface area contributed by atoms with Gasteiger partial charge in [-0.3, -0.25) is 14.4 Å². The Labute approximate surface area is 197 Å². The zero-order valence-corrected chi connectivity index (χ0v) is 20.8. The van der Waals surface area contributed by atoms with Crippen LogP contribution in [0.4, 0.5) is 0 Å². The van der Waals surface area contributed by atoms with Gasteiger partial charge in [-0.2, -0.15) is 0 Å². The fourth-order valence-corrected chi connectivity index (χ4v) is 6.38. The van der Waals surface area contributed by atoms with E-state index in [1.165, 1.54) is 6.92 Å². The summed E-state index contributed by atoms with van der Waals surface area (Å²) < 4.78 is 0. The monoisotopic (exact) mass is 457 g/mol. The third-order valence-electron chi connectivity index (χ3n) is 8.01. The van der Waals surface area contributed by atoms with Crippen LogP contribution in [-0.2, 0) is 19.2 Å². The molecule has 0 bridgehead atoms. The molecule has 1 saturated heterocycles. The minimum Gasteiger partial charge on any atom is -0.385 e. The standard InChI is InChI=1S/C27H39NO5/c1-14(2)9-21-24-18(6)16(4)11-20-10-15(3)7-8-22(30)23(31)13-19(12-17(5)29)25(32)27(20,24)26(33)28-21/h10-11,14,18-22,24,30H,7-9,12-13H2,1-6H3,(H,28,33)/t18-,19-,20+,21+,22-,24+,27+/m1/s1. The molecule has 1 spiro atoms. The molecule has 1 fully saturated rings. The van der Waals surface area contributed by atoms with E-state index >= 15 is 0 Å². The van der Waals surface area contributed by atoms with Crippen molar-refractivity contribution in [3.63, 3.8) is 0 Å². The summed E-state index contributed by atoms with van der Waals surface area (Å²) in [5.74, 6) is -2.50. The summed E-state index contributed by atoms with van der Waals surface area (Å²) in [7, 11) is 0. The van der Waals surface area contributed by atoms with Gasteiger partial charge in [0, 0.05) is 36.6 Å². The Morgan fingerprint density at radius 3 is 2.48 bits per heavy atom. The third kappa shape index (κ3) is 4.64. The normalized spacial score (nSPS) is 37.5. The topological polar surface area (TPSA) is 101 Å². The maximum atomic E-state index is 14.4. The van der Waals surface area contributed by atoms with Crippen molar-refractivity contribution in [2.45, 2.75) is 85.8 Å². The van der Waals surface area contributed by atoms with Crippen LogP contribution in [0.2, 0.25) is 0 Å². The Balaban J connectivity index is 2.25. The molecule has 33 heavy (non-hydrogen) atoms. The molecule has 0 unspecified atom stereocenters. The largest absolute Gasteiger partial charge is 0.385 e. The molecule has 0 aromatic heterocycles. The number of aliphatic hydroxyl groups is 1. The summed E-state index contributed by atoms with van der Waals surface area (Å²) in [6, 6.07) is -0.152. The summed E-state index contributed by atoms with van der Waals surface area (Å²) >= 11 is 0. The number of hydrogen-bond acceptors (Lipinski definition) is 5. The lowest BCUT2D eigenvalue weighted by atomic mass is 9.53. The van der Waals surface area contributed by atoms with Crippen molar-refractivity contribution < 1.29 is 24.3 Å². The molecule has 0 saturated carbocycles. The second-order valence-electron chi connectivity index (χ2n) is 11.0. The van der Waals surface area contributed by atoms with Crippen LogP contribution >= 0.6 is 0 Å². The zero-order valence-electron chi connectivity index (χ0n) is 20.8. The lowest BCUT2D eigenvalue weighted by Crippen LogP contribution is -2.54. The predicted molar refractivity (Wildman–Crippen MR) is 126 cm³/mol. The number of carbonyl (C=O) groups excluding carboxylic acids is 4. The van der Waals surface area contributed by atoms with Crippen molar-refractivity contribution in [1.29, 1.82) is 0 Å². The van der Waals surface area contributed by atoms with Crippen molar-refractivity contribution in [3.8, 4) is 0 Å². The minimum atomic E-state index is -1.35. The van der Waals surface area contributed by atoms with Crippen LogP contribution in [0.3, 0.4) is 0 Å². The molecule has 0 aromatic rings. The SMILES string of the molecule is CC(=O)C[C@@H]1CC(=O)[C@H](O)CCC(C)=C[C@H]2C=C(C)[C@@H](C)[C@H]3[C@H](CC(C)C)NC(=O)[C@@]23C1=O. The molecule has 1 amide bonds. The predicted octanol–water partition coefficient (Wildman–Crippen LogP) is 3.57. The van der Waals surface area contributed by atoms with Crippen LogP contribution in [-0.4, -0.2) is 40.5 Å². The fraction of sp³-hybridized carbons (Fsp3) is 0.704. The number of nitrogens with one attached hydrogen (secondary N) is 1. The van der Waals surface area contributed by atoms with Crippen LogP contribution in [0.5, 0.6) is 0 Å². The lowest BCUT2D eigenvalue weighted by molar-refractivity contribution is -0.150. The molecule has 1 heterocycles. The molecular weight excluding hydrogens is 418 g/mol. The number of ketones is 3. The smallest absolute Gasteiger partial charge is 0.235 e. The molecule has 2 aliphatic carbocycles. The summed E-state index contributed by atoms with van der Waals surface area (Å²) in [5, 5.41) is 13.6. The number of aliphatic hydroxyl groups excluding tert-OH is 1. The van der Waals surface area contributed by atoms with E-state index in [1.807, 2.05) is 19.1 Å². The van der Waals surface area contributed by atoms with Crippen LogP contribution in [0.15, 0.2) is 23.3 Å². The highest BCUT2D eigenvalue weighted by Gasteiger charge is 2.66. The van der Waals surface area contributed by atoms with E-state index in [4.69, 9.17) is 0 Å². The first kappa shape index (κ1) is 25.5. The molecule has 2 N–H and O–H groups in total. The van der Waals surface area contributed by atoms with E-state index < -0.39 is 29.1 Å². The average Bonchev–Trinajstić information content (AvgIpc) is 2.99. The van der Waals surface area contributed by atoms with Crippen LogP contribution in [0, 0.1) is 35.0 Å². The Morgan fingerprint density at radius 2 is 1.88 bits per heavy atom. The fourth-order valence-electron chi connectivity index (χ4n) is 6.38. The number of Topliss-reactive ketones (excluding diaryl/α,β-unsaturated/α-hetero) is 3. The number of hydrogen-bond donors (Lipinski definition) is 2. The second-order valence-corrected chi connectivity index (χ2v) is 11.0. The van der Waals surface area contributed by atoms with Gasteiger partial charge in [-0.15, -0.1) is 0 Å². The van der Waals surface area contributed by atoms with E-state index in [0.29, 0.717) is 12.3 Å². The zero-order chi connectivity index (χ0) is 24.7. The average molecular weight is 458 g/mol. The van der Waals surface area contributed by atoms with Crippen molar-refractivity contribution >= 4 is 23.3 Å². The van der Waals surface area contributed by atoms with Crippen LogP contribution in [0.1, 0.15) is 73.6 Å². The number of allylic oxidation sites excluding steroid dienone is 4. The first-order valence-corrected chi connectivity index (χ1v) is 12.3. The van der Waals surface area contributed by atoms with Gasteiger partial charge in [-0.1, -0.05) is 44.1 Å². The van der Waals surface area contributed by atoms with Crippen molar-refractivity contribution in [1.82, 2.24) is 5.32 Å². The second kappa shape index (κ2) is 9.65. The number of amides is 1. The van der Waals surface area contributed by atoms with E-state index in [9.17, 15) is 24.3 Å². The quantitative estimate of drug-likeness (QED) is 0.496. The third-order valence-corrected chi connectivity index (χ3v) is 8.01. The molecule has 0 aromatic carbocycles. The molecule has 182 valence electrons. The summed E-state index contributed by atoms with van der Waals surface area (Å²) in [5.41, 5.74) is 0.744. The van der Waals surface area contributed by atoms with Crippen LogP contribution in [0.25, 0.3) is 0 Å². The van der Waals surface area contributed by atoms with Gasteiger partial charge in [0.25, 0.3) is 0 Å². The molecule has 7 atom stereocenters. The van der Waals surface area contributed by atoms with Gasteiger partial charge in [0.05, 0.1) is 0 Å². The molecule has 0 radical (unpaired) electrons. The van der Waals surface area contributed by atoms with Crippen molar-refractivity contribution in [3.05, 3.63) is 23.3 Å². The summed E-state index contributed by atoms with van der Waals surface area (Å²) in [6.07, 6.45) is 4.09. The van der Waals surface area contributed by atoms with Gasteiger partial charge in [0.2, 0.25) is 5.91 Å². The highest BCUT2D eigenvalue weighted by atomic mass is 16.3. The van der Waals surface area contributed by atoms with Gasteiger partial charge in [0.15, 0.2) is 11.6 Å². The van der Waals surface area contributed by atoms with Crippen molar-refractivity contribution in [2.75, 3.05) is 0 Å². The Hall–Kier alpha value is -2.08. The summed E-state index contributed by atoms with van der Waals surface area (Å²) in [4.78, 5) is 53.2. The molecule has 1 aliphatic heterocycles. The highest BCUT2D eigenvalue weighted by molar-refractivity contribution is 6.11. The molecule has 3 aliphatic rings.